The summed E-state index contributed by atoms with van der Waals surface area (Å²) in [5, 5.41) is 8.66. The number of hydrogen-bond acceptors (Lipinski definition) is 6. The lowest BCUT2D eigenvalue weighted by Gasteiger charge is -2.08. The van der Waals surface area contributed by atoms with Gasteiger partial charge in [-0.15, -0.1) is 10.2 Å². The van der Waals surface area contributed by atoms with E-state index in [9.17, 15) is 4.39 Å². The second kappa shape index (κ2) is 7.57. The number of rotatable bonds is 6. The molecule has 7 heteroatoms. The number of hydrogen-bond donors (Lipinski definition) is 0. The molecule has 3 aromatic rings. The quantitative estimate of drug-likeness (QED) is 0.592. The van der Waals surface area contributed by atoms with Crippen LogP contribution in [0.2, 0.25) is 0 Å². The topological polar surface area (TPSA) is 57.4 Å². The summed E-state index contributed by atoms with van der Waals surface area (Å²) >= 11 is 1.42. The maximum atomic E-state index is 13.0. The van der Waals surface area contributed by atoms with Gasteiger partial charge in [-0.1, -0.05) is 23.9 Å². The van der Waals surface area contributed by atoms with Crippen molar-refractivity contribution in [3.05, 3.63) is 53.8 Å². The zero-order chi connectivity index (χ0) is 17.8. The zero-order valence-corrected chi connectivity index (χ0v) is 14.8. The first kappa shape index (κ1) is 17.3. The molecule has 3 rings (SSSR count). The molecule has 0 aliphatic rings. The average Bonchev–Trinajstić information content (AvgIpc) is 3.10. The molecule has 1 heterocycles. The highest BCUT2D eigenvalue weighted by Crippen LogP contribution is 2.36. The Hall–Kier alpha value is -2.54. The zero-order valence-electron chi connectivity index (χ0n) is 14.0. The summed E-state index contributed by atoms with van der Waals surface area (Å²) in [7, 11) is 3.15. The highest BCUT2D eigenvalue weighted by Gasteiger charge is 2.15. The number of nitrogens with zero attached hydrogens (tertiary/aromatic N) is 2. The lowest BCUT2D eigenvalue weighted by molar-refractivity contribution is 0.355. The van der Waals surface area contributed by atoms with E-state index in [1.807, 2.05) is 13.0 Å². The first-order valence-electron chi connectivity index (χ1n) is 7.58. The van der Waals surface area contributed by atoms with Crippen LogP contribution in [0, 0.1) is 5.82 Å². The normalized spacial score (nSPS) is 12.0. The van der Waals surface area contributed by atoms with Crippen molar-refractivity contribution in [2.24, 2.45) is 0 Å². The van der Waals surface area contributed by atoms with Gasteiger partial charge in [-0.05, 0) is 42.8 Å². The van der Waals surface area contributed by atoms with Crippen LogP contribution in [0.25, 0.3) is 11.5 Å². The third-order valence-corrected chi connectivity index (χ3v) is 4.65. The second-order valence-corrected chi connectivity index (χ2v) is 6.55. The maximum Gasteiger partial charge on any atom is 0.277 e. The summed E-state index contributed by atoms with van der Waals surface area (Å²) in [6, 6.07) is 11.8. The Morgan fingerprint density at radius 2 is 1.72 bits per heavy atom. The van der Waals surface area contributed by atoms with E-state index in [1.54, 1.807) is 38.5 Å². The van der Waals surface area contributed by atoms with E-state index in [2.05, 4.69) is 10.2 Å². The minimum Gasteiger partial charge on any atom is -0.493 e. The Kier molecular flexibility index (Phi) is 5.23. The molecule has 0 N–H and O–H groups in total. The number of halogens is 1. The van der Waals surface area contributed by atoms with Crippen LogP contribution in [0.3, 0.4) is 0 Å². The molecule has 2 aromatic carbocycles. The van der Waals surface area contributed by atoms with Crippen LogP contribution in [0.5, 0.6) is 11.5 Å². The van der Waals surface area contributed by atoms with Crippen LogP contribution in [0.15, 0.2) is 52.1 Å². The fraction of sp³-hybridized carbons (Fsp3) is 0.222. The van der Waals surface area contributed by atoms with E-state index in [1.165, 1.54) is 23.9 Å². The van der Waals surface area contributed by atoms with Crippen molar-refractivity contribution in [1.29, 1.82) is 0 Å². The minimum absolute atomic E-state index is 0.0549. The monoisotopic (exact) mass is 360 g/mol. The third-order valence-electron chi connectivity index (χ3n) is 3.65. The number of benzene rings is 2. The molecule has 0 amide bonds. The van der Waals surface area contributed by atoms with Crippen LogP contribution in [-0.2, 0) is 0 Å². The van der Waals surface area contributed by atoms with Gasteiger partial charge in [0.25, 0.3) is 5.22 Å². The highest BCUT2D eigenvalue weighted by molar-refractivity contribution is 7.99. The molecule has 1 aromatic heterocycles. The molecule has 0 radical (unpaired) electrons. The molecule has 1 atom stereocenters. The molecule has 0 bridgehead atoms. The molecule has 0 spiro atoms. The number of methoxy groups -OCH3 is 2. The number of ether oxygens (including phenoxy) is 2. The van der Waals surface area contributed by atoms with Crippen LogP contribution in [-0.4, -0.2) is 24.4 Å². The minimum atomic E-state index is -0.255. The Balaban J connectivity index is 1.77. The lowest BCUT2D eigenvalue weighted by atomic mass is 10.2. The van der Waals surface area contributed by atoms with E-state index in [4.69, 9.17) is 13.9 Å². The summed E-state index contributed by atoms with van der Waals surface area (Å²) in [6.07, 6.45) is 0. The summed E-state index contributed by atoms with van der Waals surface area (Å²) in [4.78, 5) is 0. The molecule has 0 aliphatic heterocycles. The van der Waals surface area contributed by atoms with Crippen LogP contribution >= 0.6 is 11.8 Å². The van der Waals surface area contributed by atoms with E-state index < -0.39 is 0 Å². The second-order valence-electron chi connectivity index (χ2n) is 5.25. The average molecular weight is 360 g/mol. The van der Waals surface area contributed by atoms with E-state index in [0.717, 1.165) is 11.1 Å². The van der Waals surface area contributed by atoms with Crippen molar-refractivity contribution in [2.45, 2.75) is 17.4 Å². The molecule has 25 heavy (non-hydrogen) atoms. The van der Waals surface area contributed by atoms with E-state index in [-0.39, 0.29) is 11.1 Å². The first-order chi connectivity index (χ1) is 12.1. The summed E-state index contributed by atoms with van der Waals surface area (Å²) < 4.78 is 29.3. The van der Waals surface area contributed by atoms with Crippen LogP contribution < -0.4 is 9.47 Å². The van der Waals surface area contributed by atoms with Crippen molar-refractivity contribution in [2.75, 3.05) is 14.2 Å². The lowest BCUT2D eigenvalue weighted by Crippen LogP contribution is -1.90. The van der Waals surface area contributed by atoms with Crippen molar-refractivity contribution < 1.29 is 18.3 Å². The van der Waals surface area contributed by atoms with Gasteiger partial charge in [0.05, 0.1) is 14.2 Å². The molecular formula is C18H17FN2O3S. The van der Waals surface area contributed by atoms with Gasteiger partial charge >= 0.3 is 0 Å². The Labute approximate surface area is 149 Å². The molecule has 0 unspecified atom stereocenters. The molecule has 0 saturated heterocycles. The molecule has 5 nitrogen and oxygen atoms in total. The number of aromatic nitrogens is 2. The smallest absolute Gasteiger partial charge is 0.277 e. The molecule has 0 aliphatic carbocycles. The predicted octanol–water partition coefficient (Wildman–Crippen LogP) is 4.75. The molecule has 130 valence electrons. The molecule has 0 fully saturated rings. The van der Waals surface area contributed by atoms with Crippen LogP contribution in [0.1, 0.15) is 17.7 Å². The van der Waals surface area contributed by atoms with Gasteiger partial charge in [-0.3, -0.25) is 0 Å². The number of thioether (sulfide) groups is 1. The van der Waals surface area contributed by atoms with Crippen molar-refractivity contribution in [3.8, 4) is 23.0 Å². The van der Waals surface area contributed by atoms with Gasteiger partial charge < -0.3 is 13.9 Å². The van der Waals surface area contributed by atoms with Gasteiger partial charge in [-0.25, -0.2) is 4.39 Å². The summed E-state index contributed by atoms with van der Waals surface area (Å²) in [6.45, 7) is 2.00. The van der Waals surface area contributed by atoms with Gasteiger partial charge in [0.15, 0.2) is 11.5 Å². The van der Waals surface area contributed by atoms with E-state index in [0.29, 0.717) is 22.6 Å². The Bertz CT molecular complexity index is 852. The molecular weight excluding hydrogens is 343 g/mol. The highest BCUT2D eigenvalue weighted by atomic mass is 32.2. The van der Waals surface area contributed by atoms with Gasteiger partial charge in [0.1, 0.15) is 5.82 Å². The van der Waals surface area contributed by atoms with Crippen molar-refractivity contribution in [1.82, 2.24) is 10.2 Å². The fourth-order valence-electron chi connectivity index (χ4n) is 2.30. The van der Waals surface area contributed by atoms with E-state index >= 15 is 0 Å². The summed E-state index contributed by atoms with van der Waals surface area (Å²) in [5.74, 6) is 1.36. The standard InChI is InChI=1S/C18H17FN2O3S/c1-11(12-4-7-14(19)8-5-12)25-18-21-20-17(24-18)13-6-9-15(22-2)16(10-13)23-3/h4-11H,1-3H3/t11-/m1/s1. The first-order valence-corrected chi connectivity index (χ1v) is 8.46. The largest absolute Gasteiger partial charge is 0.493 e. The van der Waals surface area contributed by atoms with Crippen molar-refractivity contribution in [3.63, 3.8) is 0 Å². The van der Waals surface area contributed by atoms with Crippen molar-refractivity contribution >= 4 is 11.8 Å². The van der Waals surface area contributed by atoms with Gasteiger partial charge in [0, 0.05) is 10.8 Å². The molecule has 0 saturated carbocycles. The fourth-order valence-corrected chi connectivity index (χ4v) is 3.11. The van der Waals surface area contributed by atoms with Crippen LogP contribution in [0.4, 0.5) is 4.39 Å². The maximum absolute atomic E-state index is 13.0. The predicted molar refractivity (Wildman–Crippen MR) is 93.5 cm³/mol. The summed E-state index contributed by atoms with van der Waals surface area (Å²) in [5.41, 5.74) is 1.73. The Morgan fingerprint density at radius 1 is 1.00 bits per heavy atom. The SMILES string of the molecule is COc1ccc(-c2nnc(S[C@H](C)c3ccc(F)cc3)o2)cc1OC. The third kappa shape index (κ3) is 3.93. The van der Waals surface area contributed by atoms with Gasteiger partial charge in [0.2, 0.25) is 5.89 Å². The Morgan fingerprint density at radius 3 is 2.40 bits per heavy atom. The van der Waals surface area contributed by atoms with Gasteiger partial charge in [-0.2, -0.15) is 0 Å².